The Morgan fingerprint density at radius 3 is 2.84 bits per heavy atom. The van der Waals surface area contributed by atoms with Crippen molar-refractivity contribution in [3.05, 3.63) is 27.7 Å². The van der Waals surface area contributed by atoms with Crippen molar-refractivity contribution in [1.82, 2.24) is 5.32 Å². The first-order valence-corrected chi connectivity index (χ1v) is 8.09. The van der Waals surface area contributed by atoms with Gasteiger partial charge >= 0.3 is 0 Å². The van der Waals surface area contributed by atoms with Crippen LogP contribution in [-0.2, 0) is 6.42 Å². The van der Waals surface area contributed by atoms with E-state index in [2.05, 4.69) is 54.2 Å². The van der Waals surface area contributed by atoms with Crippen molar-refractivity contribution in [3.63, 3.8) is 0 Å². The van der Waals surface area contributed by atoms with E-state index >= 15 is 0 Å². The van der Waals surface area contributed by atoms with E-state index in [4.69, 9.17) is 4.74 Å². The Kier molecular flexibility index (Phi) is 5.28. The van der Waals surface area contributed by atoms with Crippen LogP contribution in [0.1, 0.15) is 50.8 Å². The second-order valence-electron chi connectivity index (χ2n) is 5.72. The van der Waals surface area contributed by atoms with E-state index in [-0.39, 0.29) is 0 Å². The summed E-state index contributed by atoms with van der Waals surface area (Å²) in [5.41, 5.74) is 2.67. The van der Waals surface area contributed by atoms with E-state index in [0.29, 0.717) is 12.0 Å². The highest BCUT2D eigenvalue weighted by molar-refractivity contribution is 9.10. The Labute approximate surface area is 125 Å². The van der Waals surface area contributed by atoms with Gasteiger partial charge in [-0.05, 0) is 43.0 Å². The molecule has 19 heavy (non-hydrogen) atoms. The zero-order chi connectivity index (χ0) is 13.8. The lowest BCUT2D eigenvalue weighted by Gasteiger charge is -2.23. The highest BCUT2D eigenvalue weighted by Gasteiger charge is 2.23. The van der Waals surface area contributed by atoms with Crippen molar-refractivity contribution in [3.8, 4) is 5.75 Å². The minimum absolute atomic E-state index is 0.393. The van der Waals surface area contributed by atoms with Gasteiger partial charge in [0.15, 0.2) is 0 Å². The molecule has 0 saturated carbocycles. The molecule has 0 fully saturated rings. The van der Waals surface area contributed by atoms with Crippen molar-refractivity contribution in [1.29, 1.82) is 0 Å². The van der Waals surface area contributed by atoms with Crippen LogP contribution >= 0.6 is 15.9 Å². The van der Waals surface area contributed by atoms with Gasteiger partial charge in [0.05, 0.1) is 6.61 Å². The average molecular weight is 326 g/mol. The molecule has 0 spiro atoms. The van der Waals surface area contributed by atoms with Crippen LogP contribution in [0.15, 0.2) is 16.6 Å². The van der Waals surface area contributed by atoms with Crippen LogP contribution in [-0.4, -0.2) is 13.2 Å². The summed E-state index contributed by atoms with van der Waals surface area (Å²) in [5, 5.41) is 3.67. The molecule has 0 saturated heterocycles. The zero-order valence-electron chi connectivity index (χ0n) is 12.1. The average Bonchev–Trinajstić information content (AvgIpc) is 2.80. The summed E-state index contributed by atoms with van der Waals surface area (Å²) in [4.78, 5) is 0. The van der Waals surface area contributed by atoms with Crippen LogP contribution in [0.3, 0.4) is 0 Å². The summed E-state index contributed by atoms with van der Waals surface area (Å²) in [6, 6.07) is 4.81. The van der Waals surface area contributed by atoms with Gasteiger partial charge in [0.2, 0.25) is 0 Å². The Bertz CT molecular complexity index is 431. The molecule has 3 heteroatoms. The van der Waals surface area contributed by atoms with Crippen molar-refractivity contribution in [2.45, 2.75) is 46.1 Å². The van der Waals surface area contributed by atoms with Crippen LogP contribution in [0.2, 0.25) is 0 Å². The van der Waals surface area contributed by atoms with Gasteiger partial charge in [-0.1, -0.05) is 36.7 Å². The molecule has 1 aliphatic heterocycles. The highest BCUT2D eigenvalue weighted by atomic mass is 79.9. The molecule has 0 bridgehead atoms. The summed E-state index contributed by atoms with van der Waals surface area (Å²) < 4.78 is 7.03. The van der Waals surface area contributed by atoms with Crippen LogP contribution in [0.25, 0.3) is 0 Å². The van der Waals surface area contributed by atoms with Crippen LogP contribution in [0.5, 0.6) is 5.75 Å². The molecule has 1 N–H and O–H groups in total. The number of hydrogen-bond donors (Lipinski definition) is 1. The molecule has 2 rings (SSSR count). The highest BCUT2D eigenvalue weighted by Crippen LogP contribution is 2.38. The van der Waals surface area contributed by atoms with Gasteiger partial charge < -0.3 is 10.1 Å². The Morgan fingerprint density at radius 1 is 1.37 bits per heavy atom. The number of rotatable bonds is 6. The molecule has 1 aromatic rings. The summed E-state index contributed by atoms with van der Waals surface area (Å²) in [7, 11) is 0. The fourth-order valence-electron chi connectivity index (χ4n) is 2.67. The fraction of sp³-hybridized carbons (Fsp3) is 0.625. The quantitative estimate of drug-likeness (QED) is 0.833. The lowest BCUT2D eigenvalue weighted by atomic mass is 9.94. The van der Waals surface area contributed by atoms with Gasteiger partial charge in [0.25, 0.3) is 0 Å². The van der Waals surface area contributed by atoms with Gasteiger partial charge in [-0.15, -0.1) is 0 Å². The maximum Gasteiger partial charge on any atom is 0.127 e. The van der Waals surface area contributed by atoms with Crippen molar-refractivity contribution < 1.29 is 4.74 Å². The van der Waals surface area contributed by atoms with Gasteiger partial charge in [0.1, 0.15) is 5.75 Å². The second-order valence-corrected chi connectivity index (χ2v) is 6.63. The number of nitrogens with one attached hydrogen (secondary N) is 1. The third kappa shape index (κ3) is 3.73. The molecule has 1 unspecified atom stereocenters. The van der Waals surface area contributed by atoms with E-state index in [0.717, 1.165) is 38.2 Å². The van der Waals surface area contributed by atoms with E-state index in [1.54, 1.807) is 0 Å². The number of ether oxygens (including phenoxy) is 1. The van der Waals surface area contributed by atoms with E-state index < -0.39 is 0 Å². The first-order valence-electron chi connectivity index (χ1n) is 7.30. The smallest absolute Gasteiger partial charge is 0.127 e. The molecular formula is C16H24BrNO. The molecule has 1 heterocycles. The van der Waals surface area contributed by atoms with Crippen molar-refractivity contribution in [2.24, 2.45) is 5.92 Å². The number of halogens is 1. The maximum absolute atomic E-state index is 5.87. The van der Waals surface area contributed by atoms with Crippen molar-refractivity contribution >= 4 is 15.9 Å². The predicted octanol–water partition coefficient (Wildman–Crippen LogP) is 4.47. The molecule has 1 aliphatic rings. The molecule has 1 aromatic carbocycles. The van der Waals surface area contributed by atoms with Crippen LogP contribution in [0.4, 0.5) is 0 Å². The molecule has 0 aliphatic carbocycles. The van der Waals surface area contributed by atoms with Crippen molar-refractivity contribution in [2.75, 3.05) is 13.2 Å². The number of hydrogen-bond acceptors (Lipinski definition) is 2. The minimum Gasteiger partial charge on any atom is -0.493 e. The minimum atomic E-state index is 0.393. The molecule has 0 aromatic heterocycles. The zero-order valence-corrected chi connectivity index (χ0v) is 13.7. The molecule has 0 radical (unpaired) electrons. The number of benzene rings is 1. The predicted molar refractivity (Wildman–Crippen MR) is 83.8 cm³/mol. The standard InChI is InChI=1S/C16H24BrNO/c1-4-6-18-15(8-11(2)3)14-10-13(17)9-12-5-7-19-16(12)14/h9-11,15,18H,4-8H2,1-3H3. The largest absolute Gasteiger partial charge is 0.493 e. The van der Waals surface area contributed by atoms with Gasteiger partial charge in [-0.3, -0.25) is 0 Å². The molecule has 2 nitrogen and oxygen atoms in total. The van der Waals surface area contributed by atoms with Crippen LogP contribution in [0, 0.1) is 5.92 Å². The second kappa shape index (κ2) is 6.76. The van der Waals surface area contributed by atoms with E-state index in [9.17, 15) is 0 Å². The SMILES string of the molecule is CCCNC(CC(C)C)c1cc(Br)cc2c1OCC2. The Balaban J connectivity index is 2.29. The first kappa shape index (κ1) is 14.9. The lowest BCUT2D eigenvalue weighted by Crippen LogP contribution is -2.24. The summed E-state index contributed by atoms with van der Waals surface area (Å²) in [5.74, 6) is 1.79. The Hall–Kier alpha value is -0.540. The van der Waals surface area contributed by atoms with Crippen LogP contribution < -0.4 is 10.1 Å². The van der Waals surface area contributed by atoms with E-state index in [1.165, 1.54) is 15.6 Å². The lowest BCUT2D eigenvalue weighted by molar-refractivity contribution is 0.342. The third-order valence-electron chi connectivity index (χ3n) is 3.50. The number of fused-ring (bicyclic) bond motifs is 1. The maximum atomic E-state index is 5.87. The topological polar surface area (TPSA) is 21.3 Å². The first-order chi connectivity index (χ1) is 9.11. The van der Waals surface area contributed by atoms with Gasteiger partial charge in [0, 0.05) is 22.5 Å². The molecular weight excluding hydrogens is 302 g/mol. The van der Waals surface area contributed by atoms with Gasteiger partial charge in [-0.25, -0.2) is 0 Å². The van der Waals surface area contributed by atoms with E-state index in [1.807, 2.05) is 0 Å². The molecule has 106 valence electrons. The summed E-state index contributed by atoms with van der Waals surface area (Å²) >= 11 is 3.64. The third-order valence-corrected chi connectivity index (χ3v) is 3.96. The fourth-order valence-corrected chi connectivity index (χ4v) is 3.19. The summed E-state index contributed by atoms with van der Waals surface area (Å²) in [6.07, 6.45) is 3.34. The van der Waals surface area contributed by atoms with Gasteiger partial charge in [-0.2, -0.15) is 0 Å². The Morgan fingerprint density at radius 2 is 2.16 bits per heavy atom. The molecule has 0 amide bonds. The normalized spacial score (nSPS) is 15.4. The summed E-state index contributed by atoms with van der Waals surface area (Å²) in [6.45, 7) is 8.64. The molecule has 1 atom stereocenters. The monoisotopic (exact) mass is 325 g/mol.